The molecule has 0 spiro atoms. The Morgan fingerprint density at radius 2 is 1.93 bits per heavy atom. The van der Waals surface area contributed by atoms with Gasteiger partial charge < -0.3 is 5.11 Å². The van der Waals surface area contributed by atoms with Crippen LogP contribution < -0.4 is 0 Å². The van der Waals surface area contributed by atoms with E-state index in [2.05, 4.69) is 38.8 Å². The fourth-order valence-corrected chi connectivity index (χ4v) is 8.85. The molecule has 0 saturated heterocycles. The summed E-state index contributed by atoms with van der Waals surface area (Å²) in [5.41, 5.74) is 3.04. The second-order valence-electron chi connectivity index (χ2n) is 12.1. The van der Waals surface area contributed by atoms with E-state index in [0.717, 1.165) is 55.7 Å². The lowest BCUT2D eigenvalue weighted by Crippen LogP contribution is -2.51. The van der Waals surface area contributed by atoms with Crippen molar-refractivity contribution in [1.29, 1.82) is 0 Å². The van der Waals surface area contributed by atoms with Gasteiger partial charge in [0.15, 0.2) is 5.78 Å². The van der Waals surface area contributed by atoms with E-state index in [1.54, 1.807) is 5.57 Å². The van der Waals surface area contributed by atoms with E-state index >= 15 is 0 Å². The van der Waals surface area contributed by atoms with Gasteiger partial charge in [-0.15, -0.1) is 0 Å². The second kappa shape index (κ2) is 7.29. The Bertz CT molecular complexity index is 784. The predicted octanol–water partition coefficient (Wildman–Crippen LogP) is 5.61. The minimum absolute atomic E-state index is 0.121. The number of aliphatic imine (C=N–C) groups is 1. The standard InChI is InChI=1S/C27H41NO2/c1-16-13-24(28-15-16)25(30)17(2)21-7-8-22-20-6-5-18-14-19(29)9-11-26(18,3)23(20)10-12-27(21,22)4/h5,16-17,19-23,29H,6-15H2,1-4H3. The Morgan fingerprint density at radius 3 is 2.67 bits per heavy atom. The SMILES string of the molecule is CC1CN=C(C(=O)C(C)C2CCC3C4CC=C5CC(O)CCC5(C)C4CCC23C)C1. The summed E-state index contributed by atoms with van der Waals surface area (Å²) in [6.07, 6.45) is 12.6. The van der Waals surface area contributed by atoms with Crippen molar-refractivity contribution in [3.63, 3.8) is 0 Å². The van der Waals surface area contributed by atoms with Gasteiger partial charge in [-0.1, -0.05) is 39.3 Å². The fraction of sp³-hybridized carbons (Fsp3) is 0.852. The lowest BCUT2D eigenvalue weighted by molar-refractivity contribution is -0.120. The maximum absolute atomic E-state index is 13.3. The van der Waals surface area contributed by atoms with E-state index in [-0.39, 0.29) is 12.0 Å². The smallest absolute Gasteiger partial charge is 0.179 e. The topological polar surface area (TPSA) is 49.7 Å². The minimum atomic E-state index is -0.126. The van der Waals surface area contributed by atoms with Gasteiger partial charge in [-0.2, -0.15) is 0 Å². The van der Waals surface area contributed by atoms with Crippen LogP contribution in [0.15, 0.2) is 16.6 Å². The zero-order valence-electron chi connectivity index (χ0n) is 19.5. The Hall–Kier alpha value is -0.960. The Labute approximate surface area is 182 Å². The van der Waals surface area contributed by atoms with Crippen molar-refractivity contribution >= 4 is 11.5 Å². The third kappa shape index (κ3) is 3.01. The van der Waals surface area contributed by atoms with E-state index in [1.165, 1.54) is 32.1 Å². The molecule has 0 bridgehead atoms. The summed E-state index contributed by atoms with van der Waals surface area (Å²) in [6, 6.07) is 0. The maximum atomic E-state index is 13.3. The first-order chi connectivity index (χ1) is 14.2. The first-order valence-electron chi connectivity index (χ1n) is 12.7. The number of Topliss-reactive ketones (excluding diaryl/α,β-unsaturated/α-hetero) is 1. The van der Waals surface area contributed by atoms with Crippen LogP contribution in [0.5, 0.6) is 0 Å². The van der Waals surface area contributed by atoms with Gasteiger partial charge in [-0.3, -0.25) is 9.79 Å². The number of carbonyl (C=O) groups is 1. The maximum Gasteiger partial charge on any atom is 0.179 e. The summed E-state index contributed by atoms with van der Waals surface area (Å²) in [5.74, 6) is 3.82. The molecule has 3 fully saturated rings. The van der Waals surface area contributed by atoms with Gasteiger partial charge in [-0.25, -0.2) is 0 Å². The van der Waals surface area contributed by atoms with E-state index < -0.39 is 0 Å². The molecule has 9 atom stereocenters. The van der Waals surface area contributed by atoms with Crippen LogP contribution in [0.2, 0.25) is 0 Å². The van der Waals surface area contributed by atoms with Gasteiger partial charge in [0.25, 0.3) is 0 Å². The zero-order chi connectivity index (χ0) is 21.3. The summed E-state index contributed by atoms with van der Waals surface area (Å²) in [4.78, 5) is 17.9. The molecule has 4 aliphatic carbocycles. The molecule has 3 heteroatoms. The number of rotatable bonds is 3. The second-order valence-corrected chi connectivity index (χ2v) is 12.1. The zero-order valence-corrected chi connectivity index (χ0v) is 19.5. The molecular formula is C27H41NO2. The van der Waals surface area contributed by atoms with Crippen molar-refractivity contribution < 1.29 is 9.90 Å². The molecule has 1 N–H and O–H groups in total. The fourth-order valence-electron chi connectivity index (χ4n) is 8.85. The third-order valence-electron chi connectivity index (χ3n) is 10.6. The summed E-state index contributed by atoms with van der Waals surface area (Å²) in [7, 11) is 0. The highest BCUT2D eigenvalue weighted by Gasteiger charge is 2.59. The molecule has 1 aliphatic heterocycles. The molecule has 0 aromatic rings. The summed E-state index contributed by atoms with van der Waals surface area (Å²) >= 11 is 0. The van der Waals surface area contributed by atoms with Crippen LogP contribution in [0.4, 0.5) is 0 Å². The molecule has 5 rings (SSSR count). The number of nitrogens with zero attached hydrogens (tertiary/aromatic N) is 1. The lowest BCUT2D eigenvalue weighted by Gasteiger charge is -2.58. The molecule has 0 radical (unpaired) electrons. The predicted molar refractivity (Wildman–Crippen MR) is 121 cm³/mol. The van der Waals surface area contributed by atoms with Gasteiger partial charge in [-0.05, 0) is 98.2 Å². The van der Waals surface area contributed by atoms with Crippen molar-refractivity contribution in [3.8, 4) is 0 Å². The highest BCUT2D eigenvalue weighted by Crippen LogP contribution is 2.67. The van der Waals surface area contributed by atoms with Gasteiger partial charge in [0, 0.05) is 12.5 Å². The van der Waals surface area contributed by atoms with E-state index in [9.17, 15) is 9.90 Å². The number of fused-ring (bicyclic) bond motifs is 5. The molecule has 0 aromatic heterocycles. The van der Waals surface area contributed by atoms with Crippen LogP contribution in [-0.2, 0) is 4.79 Å². The Balaban J connectivity index is 1.37. The van der Waals surface area contributed by atoms with Crippen molar-refractivity contribution in [2.24, 2.45) is 51.3 Å². The van der Waals surface area contributed by atoms with Crippen LogP contribution in [0.25, 0.3) is 0 Å². The van der Waals surface area contributed by atoms with Crippen molar-refractivity contribution in [2.75, 3.05) is 6.54 Å². The van der Waals surface area contributed by atoms with Gasteiger partial charge in [0.05, 0.1) is 11.8 Å². The van der Waals surface area contributed by atoms with Crippen molar-refractivity contribution in [2.45, 2.75) is 91.6 Å². The Morgan fingerprint density at radius 1 is 1.13 bits per heavy atom. The van der Waals surface area contributed by atoms with Crippen molar-refractivity contribution in [3.05, 3.63) is 11.6 Å². The number of hydrogen-bond acceptors (Lipinski definition) is 3. The molecule has 0 amide bonds. The number of hydrogen-bond donors (Lipinski definition) is 1. The first kappa shape index (κ1) is 20.9. The molecule has 3 saturated carbocycles. The monoisotopic (exact) mass is 411 g/mol. The van der Waals surface area contributed by atoms with Crippen LogP contribution in [0.3, 0.4) is 0 Å². The quantitative estimate of drug-likeness (QED) is 0.613. The number of carbonyl (C=O) groups excluding carboxylic acids is 1. The summed E-state index contributed by atoms with van der Waals surface area (Å²) in [5, 5.41) is 10.2. The molecule has 30 heavy (non-hydrogen) atoms. The van der Waals surface area contributed by atoms with Gasteiger partial charge >= 0.3 is 0 Å². The number of ketones is 1. The number of aliphatic hydroxyl groups excluding tert-OH is 1. The average Bonchev–Trinajstić information content (AvgIpc) is 3.30. The van der Waals surface area contributed by atoms with E-state index in [0.29, 0.717) is 28.4 Å². The molecule has 3 nitrogen and oxygen atoms in total. The lowest BCUT2D eigenvalue weighted by atomic mass is 9.47. The summed E-state index contributed by atoms with van der Waals surface area (Å²) in [6.45, 7) is 10.3. The van der Waals surface area contributed by atoms with E-state index in [4.69, 9.17) is 0 Å². The Kier molecular flexibility index (Phi) is 5.08. The highest BCUT2D eigenvalue weighted by atomic mass is 16.3. The highest BCUT2D eigenvalue weighted by molar-refractivity contribution is 6.41. The molecule has 0 aromatic carbocycles. The normalized spacial score (nSPS) is 48.8. The molecule has 5 aliphatic rings. The third-order valence-corrected chi connectivity index (χ3v) is 10.6. The number of allylic oxidation sites excluding steroid dienone is 1. The average molecular weight is 412 g/mol. The van der Waals surface area contributed by atoms with Gasteiger partial charge in [0.1, 0.15) is 0 Å². The van der Waals surface area contributed by atoms with Gasteiger partial charge in [0.2, 0.25) is 0 Å². The largest absolute Gasteiger partial charge is 0.393 e. The molecule has 1 heterocycles. The van der Waals surface area contributed by atoms with Crippen LogP contribution >= 0.6 is 0 Å². The van der Waals surface area contributed by atoms with Crippen LogP contribution in [-0.4, -0.2) is 29.3 Å². The van der Waals surface area contributed by atoms with E-state index in [1.807, 2.05) is 0 Å². The number of aliphatic hydroxyl groups is 1. The molecule has 166 valence electrons. The molecular weight excluding hydrogens is 370 g/mol. The molecule has 9 unspecified atom stereocenters. The van der Waals surface area contributed by atoms with Crippen LogP contribution in [0.1, 0.15) is 85.5 Å². The first-order valence-corrected chi connectivity index (χ1v) is 12.7. The summed E-state index contributed by atoms with van der Waals surface area (Å²) < 4.78 is 0. The van der Waals surface area contributed by atoms with Crippen LogP contribution in [0, 0.1) is 46.3 Å². The van der Waals surface area contributed by atoms with Crippen molar-refractivity contribution in [1.82, 2.24) is 0 Å². The minimum Gasteiger partial charge on any atom is -0.393 e.